The summed E-state index contributed by atoms with van der Waals surface area (Å²) < 4.78 is 43.9. The summed E-state index contributed by atoms with van der Waals surface area (Å²) in [6.07, 6.45) is 0.181. The molecular formula is C40H42N2O7S. The van der Waals surface area contributed by atoms with Crippen molar-refractivity contribution in [3.05, 3.63) is 149 Å². The lowest BCUT2D eigenvalue weighted by Gasteiger charge is -2.17. The Labute approximate surface area is 293 Å². The molecule has 9 nitrogen and oxygen atoms in total. The van der Waals surface area contributed by atoms with E-state index in [0.29, 0.717) is 35.8 Å². The normalized spacial score (nSPS) is 11.8. The van der Waals surface area contributed by atoms with Crippen LogP contribution in [0.5, 0.6) is 11.5 Å². The van der Waals surface area contributed by atoms with Crippen LogP contribution in [-0.4, -0.2) is 45.4 Å². The molecule has 0 saturated heterocycles. The van der Waals surface area contributed by atoms with Gasteiger partial charge in [0.25, 0.3) is 0 Å². The van der Waals surface area contributed by atoms with Gasteiger partial charge in [0.15, 0.2) is 0 Å². The number of anilines is 1. The molecule has 0 bridgehead atoms. The average molecular weight is 695 g/mol. The van der Waals surface area contributed by atoms with Crippen LogP contribution in [0.2, 0.25) is 0 Å². The molecule has 260 valence electrons. The largest absolute Gasteiger partial charge is 0.492 e. The molecule has 0 aliphatic carbocycles. The first kappa shape index (κ1) is 36.1. The Kier molecular flexibility index (Phi) is 12.3. The summed E-state index contributed by atoms with van der Waals surface area (Å²) in [5, 5.41) is 14.0. The van der Waals surface area contributed by atoms with Gasteiger partial charge >= 0.3 is 5.97 Å². The Morgan fingerprint density at radius 3 is 2.00 bits per heavy atom. The molecule has 0 spiro atoms. The maximum atomic E-state index is 12.9. The van der Waals surface area contributed by atoms with E-state index < -0.39 is 16.1 Å². The molecule has 10 heteroatoms. The molecule has 0 saturated carbocycles. The smallest absolute Gasteiger partial charge is 0.339 e. The highest BCUT2D eigenvalue weighted by Crippen LogP contribution is 2.30. The summed E-state index contributed by atoms with van der Waals surface area (Å²) in [6, 6.07) is 35.8. The van der Waals surface area contributed by atoms with Crippen molar-refractivity contribution in [2.75, 3.05) is 30.7 Å². The molecule has 0 unspecified atom stereocenters. The van der Waals surface area contributed by atoms with Gasteiger partial charge in [-0.05, 0) is 77.1 Å². The molecule has 0 aliphatic heterocycles. The molecule has 0 amide bonds. The van der Waals surface area contributed by atoms with Crippen LogP contribution < -0.4 is 19.5 Å². The number of aryl methyl sites for hydroxylation is 2. The fourth-order valence-electron chi connectivity index (χ4n) is 5.48. The van der Waals surface area contributed by atoms with Crippen LogP contribution in [-0.2, 0) is 28.0 Å². The molecule has 5 rings (SSSR count). The van der Waals surface area contributed by atoms with Crippen molar-refractivity contribution in [2.45, 2.75) is 33.2 Å². The average Bonchev–Trinajstić information content (AvgIpc) is 3.10. The standard InChI is InChI=1S/C40H42N2O7S/c1-28-22-34(23-29(2)39(28)40(44)49-27-31-12-8-5-9-13-31)32-14-17-35(18-15-32)47-21-20-41-25-37(43)33-16-19-38(36(24-33)42-50(3,45)46)48-26-30-10-6-4-7-11-30/h4-19,22-24,37,41-43H,20-21,25-27H2,1-3H3/t37-/m0/s1. The first-order chi connectivity index (χ1) is 24.1. The van der Waals surface area contributed by atoms with Crippen molar-refractivity contribution in [2.24, 2.45) is 0 Å². The summed E-state index contributed by atoms with van der Waals surface area (Å²) in [5.41, 5.74) is 6.95. The van der Waals surface area contributed by atoms with Gasteiger partial charge in [0.2, 0.25) is 10.0 Å². The number of carbonyl (C=O) groups is 1. The van der Waals surface area contributed by atoms with Gasteiger partial charge in [-0.3, -0.25) is 4.72 Å². The second kappa shape index (κ2) is 17.0. The minimum Gasteiger partial charge on any atom is -0.492 e. The number of aliphatic hydroxyl groups is 1. The highest BCUT2D eigenvalue weighted by Gasteiger charge is 2.17. The molecular weight excluding hydrogens is 653 g/mol. The Morgan fingerprint density at radius 1 is 0.760 bits per heavy atom. The molecule has 3 N–H and O–H groups in total. The lowest BCUT2D eigenvalue weighted by molar-refractivity contribution is 0.0471. The van der Waals surface area contributed by atoms with Crippen molar-refractivity contribution in [1.29, 1.82) is 0 Å². The van der Waals surface area contributed by atoms with Gasteiger partial charge in [-0.2, -0.15) is 0 Å². The van der Waals surface area contributed by atoms with Crippen molar-refractivity contribution in [1.82, 2.24) is 5.32 Å². The predicted molar refractivity (Wildman–Crippen MR) is 196 cm³/mol. The molecule has 50 heavy (non-hydrogen) atoms. The zero-order chi connectivity index (χ0) is 35.5. The van der Waals surface area contributed by atoms with E-state index in [-0.39, 0.29) is 31.4 Å². The number of benzene rings is 5. The Balaban J connectivity index is 1.10. The minimum atomic E-state index is -3.57. The number of esters is 1. The van der Waals surface area contributed by atoms with E-state index >= 15 is 0 Å². The molecule has 0 aromatic heterocycles. The van der Waals surface area contributed by atoms with Crippen molar-refractivity contribution in [3.8, 4) is 22.6 Å². The summed E-state index contributed by atoms with van der Waals surface area (Å²) in [5.74, 6) is 0.730. The van der Waals surface area contributed by atoms with E-state index in [1.165, 1.54) is 0 Å². The van der Waals surface area contributed by atoms with E-state index in [1.54, 1.807) is 18.2 Å². The third-order valence-corrected chi connectivity index (χ3v) is 8.53. The number of sulfonamides is 1. The van der Waals surface area contributed by atoms with E-state index in [2.05, 4.69) is 10.0 Å². The van der Waals surface area contributed by atoms with E-state index in [9.17, 15) is 18.3 Å². The monoisotopic (exact) mass is 694 g/mol. The topological polar surface area (TPSA) is 123 Å². The van der Waals surface area contributed by atoms with Gasteiger partial charge in [0.05, 0.1) is 23.6 Å². The third-order valence-electron chi connectivity index (χ3n) is 7.94. The van der Waals surface area contributed by atoms with E-state index in [1.807, 2.05) is 111 Å². The van der Waals surface area contributed by atoms with Gasteiger partial charge in [0, 0.05) is 13.1 Å². The molecule has 0 fully saturated rings. The van der Waals surface area contributed by atoms with Crippen LogP contribution in [0.4, 0.5) is 5.69 Å². The zero-order valence-corrected chi connectivity index (χ0v) is 29.2. The van der Waals surface area contributed by atoms with Gasteiger partial charge < -0.3 is 24.6 Å². The lowest BCUT2D eigenvalue weighted by Crippen LogP contribution is -2.26. The number of hydrogen-bond acceptors (Lipinski definition) is 8. The Morgan fingerprint density at radius 2 is 1.38 bits per heavy atom. The van der Waals surface area contributed by atoms with Crippen LogP contribution >= 0.6 is 0 Å². The minimum absolute atomic E-state index is 0.225. The Bertz CT molecular complexity index is 1960. The van der Waals surface area contributed by atoms with Crippen molar-refractivity contribution in [3.63, 3.8) is 0 Å². The first-order valence-electron chi connectivity index (χ1n) is 16.3. The molecule has 5 aromatic carbocycles. The van der Waals surface area contributed by atoms with E-state index in [4.69, 9.17) is 14.2 Å². The van der Waals surface area contributed by atoms with Gasteiger partial charge in [-0.15, -0.1) is 0 Å². The van der Waals surface area contributed by atoms with Crippen molar-refractivity contribution >= 4 is 21.7 Å². The number of ether oxygens (including phenoxy) is 3. The highest BCUT2D eigenvalue weighted by atomic mass is 32.2. The number of carbonyl (C=O) groups excluding carboxylic acids is 1. The second-order valence-corrected chi connectivity index (χ2v) is 13.8. The maximum Gasteiger partial charge on any atom is 0.339 e. The Hall–Kier alpha value is -5.16. The number of hydrogen-bond donors (Lipinski definition) is 3. The zero-order valence-electron chi connectivity index (χ0n) is 28.4. The summed E-state index contributed by atoms with van der Waals surface area (Å²) in [6.45, 7) is 5.41. The quantitative estimate of drug-likeness (QED) is 0.0747. The van der Waals surface area contributed by atoms with Crippen LogP contribution in [0, 0.1) is 13.8 Å². The number of nitrogens with one attached hydrogen (secondary N) is 2. The highest BCUT2D eigenvalue weighted by molar-refractivity contribution is 7.92. The number of aliphatic hydroxyl groups excluding tert-OH is 1. The second-order valence-electron chi connectivity index (χ2n) is 12.0. The van der Waals surface area contributed by atoms with Crippen LogP contribution in [0.25, 0.3) is 11.1 Å². The fraction of sp³-hybridized carbons (Fsp3) is 0.225. The third kappa shape index (κ3) is 10.4. The molecule has 5 aromatic rings. The fourth-order valence-corrected chi connectivity index (χ4v) is 6.04. The summed E-state index contributed by atoms with van der Waals surface area (Å²) in [4.78, 5) is 12.9. The summed E-state index contributed by atoms with van der Waals surface area (Å²) in [7, 11) is -3.57. The molecule has 0 aliphatic rings. The maximum absolute atomic E-state index is 12.9. The van der Waals surface area contributed by atoms with Gasteiger partial charge in [-0.25, -0.2) is 13.2 Å². The first-order valence-corrected chi connectivity index (χ1v) is 18.2. The molecule has 0 radical (unpaired) electrons. The van der Waals surface area contributed by atoms with Crippen LogP contribution in [0.1, 0.15) is 44.3 Å². The lowest BCUT2D eigenvalue weighted by atomic mass is 9.95. The summed E-state index contributed by atoms with van der Waals surface area (Å²) >= 11 is 0. The van der Waals surface area contributed by atoms with Gasteiger partial charge in [-0.1, -0.05) is 91.0 Å². The van der Waals surface area contributed by atoms with E-state index in [0.717, 1.165) is 39.6 Å². The molecule has 1 atom stereocenters. The number of rotatable bonds is 16. The van der Waals surface area contributed by atoms with Crippen LogP contribution in [0.3, 0.4) is 0 Å². The SMILES string of the molecule is Cc1cc(-c2ccc(OCCNC[C@H](O)c3ccc(OCc4ccccc4)c(NS(C)(=O)=O)c3)cc2)cc(C)c1C(=O)OCc1ccccc1. The molecule has 0 heterocycles. The van der Waals surface area contributed by atoms with Crippen molar-refractivity contribution < 1.29 is 32.5 Å². The van der Waals surface area contributed by atoms with Gasteiger partial charge in [0.1, 0.15) is 31.3 Å². The van der Waals surface area contributed by atoms with Crippen LogP contribution in [0.15, 0.2) is 115 Å². The predicted octanol–water partition coefficient (Wildman–Crippen LogP) is 6.98.